The molecule has 0 unspecified atom stereocenters. The first-order chi connectivity index (χ1) is 11.7. The summed E-state index contributed by atoms with van der Waals surface area (Å²) in [7, 11) is 0. The van der Waals surface area contributed by atoms with E-state index in [0.29, 0.717) is 18.4 Å². The van der Waals surface area contributed by atoms with E-state index in [1.54, 1.807) is 10.7 Å². The van der Waals surface area contributed by atoms with E-state index in [0.717, 1.165) is 36.8 Å². The zero-order chi connectivity index (χ0) is 18.2. The van der Waals surface area contributed by atoms with E-state index < -0.39 is 0 Å². The Balaban J connectivity index is 1.59. The maximum absolute atomic E-state index is 12.1. The fraction of sp³-hybridized carbons (Fsp3) is 0.632. The van der Waals surface area contributed by atoms with Gasteiger partial charge in [-0.1, -0.05) is 34.6 Å². The number of nitrogens with zero attached hydrogens (tertiary/aromatic N) is 4. The standard InChI is InChI=1S/C19H28N4O2/c1-13(2)18-15(20-12-25-18)11-22-8-14(9-22)10-23-17(24)7-6-16(21-23)19(3,4)5/h6-7,12-14H,8-11H2,1-5H3. The highest BCUT2D eigenvalue weighted by atomic mass is 16.3. The van der Waals surface area contributed by atoms with Gasteiger partial charge in [0, 0.05) is 43.0 Å². The summed E-state index contributed by atoms with van der Waals surface area (Å²) in [5.41, 5.74) is 1.90. The van der Waals surface area contributed by atoms with Crippen LogP contribution in [0.3, 0.4) is 0 Å². The van der Waals surface area contributed by atoms with Crippen LogP contribution in [0.5, 0.6) is 0 Å². The van der Waals surface area contributed by atoms with Gasteiger partial charge in [-0.2, -0.15) is 5.10 Å². The first kappa shape index (κ1) is 17.9. The van der Waals surface area contributed by atoms with Gasteiger partial charge in [-0.15, -0.1) is 0 Å². The van der Waals surface area contributed by atoms with Gasteiger partial charge in [-0.3, -0.25) is 9.69 Å². The Kier molecular flexibility index (Phi) is 4.82. The van der Waals surface area contributed by atoms with E-state index in [4.69, 9.17) is 4.42 Å². The van der Waals surface area contributed by atoms with Crippen molar-refractivity contribution in [2.45, 2.75) is 59.0 Å². The van der Waals surface area contributed by atoms with Crippen LogP contribution in [0, 0.1) is 5.92 Å². The zero-order valence-corrected chi connectivity index (χ0v) is 15.8. The maximum atomic E-state index is 12.1. The van der Waals surface area contributed by atoms with Crippen LogP contribution < -0.4 is 5.56 Å². The number of aromatic nitrogens is 3. The summed E-state index contributed by atoms with van der Waals surface area (Å²) < 4.78 is 7.11. The summed E-state index contributed by atoms with van der Waals surface area (Å²) in [6, 6.07) is 3.47. The molecule has 0 saturated carbocycles. The minimum absolute atomic E-state index is 0.0231. The third-order valence-electron chi connectivity index (χ3n) is 4.67. The van der Waals surface area contributed by atoms with Crippen molar-refractivity contribution in [3.8, 4) is 0 Å². The molecule has 0 N–H and O–H groups in total. The average molecular weight is 344 g/mol. The van der Waals surface area contributed by atoms with Crippen LogP contribution in [-0.2, 0) is 18.5 Å². The molecule has 136 valence electrons. The lowest BCUT2D eigenvalue weighted by molar-refractivity contribution is 0.0746. The third kappa shape index (κ3) is 4.00. The molecule has 0 spiro atoms. The molecule has 2 aromatic heterocycles. The van der Waals surface area contributed by atoms with Crippen molar-refractivity contribution in [3.05, 3.63) is 46.0 Å². The number of hydrogen-bond donors (Lipinski definition) is 0. The molecule has 3 rings (SSSR count). The summed E-state index contributed by atoms with van der Waals surface area (Å²) >= 11 is 0. The molecule has 25 heavy (non-hydrogen) atoms. The number of likely N-dealkylation sites (tertiary alicyclic amines) is 1. The predicted molar refractivity (Wildman–Crippen MR) is 96.6 cm³/mol. The van der Waals surface area contributed by atoms with Gasteiger partial charge in [0.15, 0.2) is 6.39 Å². The molecule has 1 saturated heterocycles. The van der Waals surface area contributed by atoms with Gasteiger partial charge in [-0.25, -0.2) is 9.67 Å². The van der Waals surface area contributed by atoms with Gasteiger partial charge in [0.1, 0.15) is 5.76 Å². The van der Waals surface area contributed by atoms with E-state index in [1.165, 1.54) is 6.39 Å². The topological polar surface area (TPSA) is 64.2 Å². The summed E-state index contributed by atoms with van der Waals surface area (Å²) in [6.45, 7) is 14.0. The minimum Gasteiger partial charge on any atom is -0.448 e. The molecule has 0 amide bonds. The van der Waals surface area contributed by atoms with E-state index in [-0.39, 0.29) is 11.0 Å². The highest BCUT2D eigenvalue weighted by Gasteiger charge is 2.29. The molecule has 1 aliphatic rings. The normalized spacial score (nSPS) is 16.4. The van der Waals surface area contributed by atoms with Crippen LogP contribution >= 0.6 is 0 Å². The van der Waals surface area contributed by atoms with Gasteiger partial charge in [0.2, 0.25) is 0 Å². The van der Waals surface area contributed by atoms with Crippen LogP contribution in [0.1, 0.15) is 57.7 Å². The Labute approximate surface area is 148 Å². The molecular formula is C19H28N4O2. The van der Waals surface area contributed by atoms with Crippen LogP contribution in [0.25, 0.3) is 0 Å². The van der Waals surface area contributed by atoms with Crippen molar-refractivity contribution >= 4 is 0 Å². The summed E-state index contributed by atoms with van der Waals surface area (Å²) in [4.78, 5) is 18.8. The number of rotatable bonds is 5. The second-order valence-corrected chi connectivity index (χ2v) is 8.37. The summed E-state index contributed by atoms with van der Waals surface area (Å²) in [5, 5.41) is 4.56. The summed E-state index contributed by atoms with van der Waals surface area (Å²) in [6.07, 6.45) is 1.53. The van der Waals surface area contributed by atoms with Crippen molar-refractivity contribution in [1.29, 1.82) is 0 Å². The zero-order valence-electron chi connectivity index (χ0n) is 15.8. The molecule has 0 atom stereocenters. The van der Waals surface area contributed by atoms with Gasteiger partial charge in [0.05, 0.1) is 17.9 Å². The van der Waals surface area contributed by atoms with Crippen LogP contribution in [0.15, 0.2) is 27.7 Å². The quantitative estimate of drug-likeness (QED) is 0.834. The van der Waals surface area contributed by atoms with Gasteiger partial charge >= 0.3 is 0 Å². The van der Waals surface area contributed by atoms with Gasteiger partial charge < -0.3 is 4.42 Å². The Morgan fingerprint density at radius 1 is 1.28 bits per heavy atom. The van der Waals surface area contributed by atoms with Gasteiger partial charge in [0.25, 0.3) is 5.56 Å². The van der Waals surface area contributed by atoms with Crippen molar-refractivity contribution < 1.29 is 4.42 Å². The minimum atomic E-state index is -0.0543. The second-order valence-electron chi connectivity index (χ2n) is 8.37. The molecule has 2 aromatic rings. The predicted octanol–water partition coefficient (Wildman–Crippen LogP) is 2.78. The van der Waals surface area contributed by atoms with Crippen molar-refractivity contribution in [2.24, 2.45) is 5.92 Å². The Morgan fingerprint density at radius 3 is 2.64 bits per heavy atom. The molecular weight excluding hydrogens is 316 g/mol. The molecule has 0 radical (unpaired) electrons. The van der Waals surface area contributed by atoms with E-state index >= 15 is 0 Å². The van der Waals surface area contributed by atoms with Crippen molar-refractivity contribution in [2.75, 3.05) is 13.1 Å². The molecule has 0 aromatic carbocycles. The SMILES string of the molecule is CC(C)c1ocnc1CN1CC(Cn2nc(C(C)(C)C)ccc2=O)C1. The number of hydrogen-bond acceptors (Lipinski definition) is 5. The third-order valence-corrected chi connectivity index (χ3v) is 4.67. The monoisotopic (exact) mass is 344 g/mol. The van der Waals surface area contributed by atoms with Crippen LogP contribution in [0.4, 0.5) is 0 Å². The van der Waals surface area contributed by atoms with Crippen LogP contribution in [0.2, 0.25) is 0 Å². The molecule has 0 bridgehead atoms. The van der Waals surface area contributed by atoms with Crippen molar-refractivity contribution in [3.63, 3.8) is 0 Å². The molecule has 6 nitrogen and oxygen atoms in total. The fourth-order valence-electron chi connectivity index (χ4n) is 3.22. The lowest BCUT2D eigenvalue weighted by Crippen LogP contribution is -2.49. The molecule has 3 heterocycles. The average Bonchev–Trinajstić information content (AvgIpc) is 2.94. The van der Waals surface area contributed by atoms with Crippen molar-refractivity contribution in [1.82, 2.24) is 19.7 Å². The molecule has 0 aliphatic carbocycles. The Hall–Kier alpha value is -1.95. The highest BCUT2D eigenvalue weighted by Crippen LogP contribution is 2.24. The van der Waals surface area contributed by atoms with E-state index in [9.17, 15) is 4.79 Å². The Bertz CT molecular complexity index is 779. The smallest absolute Gasteiger partial charge is 0.266 e. The molecule has 6 heteroatoms. The lowest BCUT2D eigenvalue weighted by Gasteiger charge is -2.39. The highest BCUT2D eigenvalue weighted by molar-refractivity contribution is 5.12. The Morgan fingerprint density at radius 2 is 2.00 bits per heavy atom. The number of oxazole rings is 1. The first-order valence-electron chi connectivity index (χ1n) is 8.97. The molecule has 1 fully saturated rings. The van der Waals surface area contributed by atoms with E-state index in [2.05, 4.69) is 49.6 Å². The lowest BCUT2D eigenvalue weighted by atomic mass is 9.92. The second kappa shape index (κ2) is 6.75. The fourth-order valence-corrected chi connectivity index (χ4v) is 3.22. The largest absolute Gasteiger partial charge is 0.448 e. The summed E-state index contributed by atoms with van der Waals surface area (Å²) in [5.74, 6) is 1.77. The van der Waals surface area contributed by atoms with Crippen LogP contribution in [-0.4, -0.2) is 32.8 Å². The maximum Gasteiger partial charge on any atom is 0.266 e. The first-order valence-corrected chi connectivity index (χ1v) is 8.97. The van der Waals surface area contributed by atoms with Gasteiger partial charge in [-0.05, 0) is 6.07 Å². The molecule has 1 aliphatic heterocycles. The van der Waals surface area contributed by atoms with E-state index in [1.807, 2.05) is 6.07 Å².